The Morgan fingerprint density at radius 3 is 1.17 bits per heavy atom. The summed E-state index contributed by atoms with van der Waals surface area (Å²) >= 11 is 6.67. The summed E-state index contributed by atoms with van der Waals surface area (Å²) in [5.41, 5.74) is 29.1. The molecule has 4 aromatic heterocycles. The van der Waals surface area contributed by atoms with Gasteiger partial charge in [0.05, 0.1) is 73.9 Å². The van der Waals surface area contributed by atoms with Crippen LogP contribution in [0.5, 0.6) is 17.2 Å². The van der Waals surface area contributed by atoms with Crippen molar-refractivity contribution in [3.63, 3.8) is 0 Å². The first kappa shape index (κ1) is 111. The second-order valence-electron chi connectivity index (χ2n) is 30.7. The number of carbonyl (C=O) groups is 1. The van der Waals surface area contributed by atoms with E-state index in [1.165, 1.54) is 89.9 Å². The van der Waals surface area contributed by atoms with Crippen LogP contribution in [0.15, 0.2) is 75.1 Å². The standard InChI is InChI=1S/C21H32N4OS.C19H28N4O2S.C17H26N4OS.C15H19N5OS.4F6P/c1-15(14-21(2,3)4)8-11-26-18-12-17-19(13-16(18)24-22)27-20(23-17)25-9-6-5-7-10-25;1-2-3-4-5-6-7-10-25-17-13-16-18(14-15(17)22-20)26-19(21-16)23-8-11-24-12-9-23;1-4-5-6-7-8-9-10-22-15-11-14-16(12-13(15)20-18)23-17(19-14)21(2)3;1-2-3-14(21)19-6-8-20(9-7-19)15-17-12-5-4-11(18-16)10-13(12)22-15;4*1-7(2,3,4,5)6/h12-13,15,22H,5-11,14H2,1-4H3;13-14,20H,2-12H2,1H3;11-12,18H,4-10H2,1-3H3;4-5,10,16H,2-3,6-9H2,1H3;;;;/q;;;;4*-1/p+4. The Labute approximate surface area is 727 Å². The number of rotatable bonds is 31. The van der Waals surface area contributed by atoms with Crippen molar-refractivity contribution in [3.8, 4) is 17.2 Å². The molecule has 4 aromatic carbocycles. The molecule has 7 heterocycles. The number of hydrogen-bond acceptors (Lipinski definition) is 21. The number of benzene rings is 4. The van der Waals surface area contributed by atoms with E-state index in [4.69, 9.17) is 51.0 Å². The van der Waals surface area contributed by atoms with Crippen LogP contribution in [0.1, 0.15) is 170 Å². The van der Waals surface area contributed by atoms with Crippen molar-refractivity contribution in [2.45, 2.75) is 170 Å². The summed E-state index contributed by atoms with van der Waals surface area (Å²) in [5, 5.41) is 19.5. The van der Waals surface area contributed by atoms with Crippen LogP contribution in [0, 0.1) is 11.3 Å². The number of ether oxygens (including phenoxy) is 4. The second-order valence-corrected chi connectivity index (χ2v) is 42.5. The van der Waals surface area contributed by atoms with Crippen LogP contribution in [0.25, 0.3) is 40.9 Å². The van der Waals surface area contributed by atoms with Gasteiger partial charge in [-0.3, -0.25) is 4.79 Å². The third-order valence-corrected chi connectivity index (χ3v) is 21.7. The fourth-order valence-electron chi connectivity index (χ4n) is 12.0. The summed E-state index contributed by atoms with van der Waals surface area (Å²) in [4.78, 5) is 41.7. The molecule has 0 aliphatic carbocycles. The molecule has 0 bridgehead atoms. The van der Waals surface area contributed by atoms with Crippen LogP contribution < -0.4 is 55.9 Å². The minimum atomic E-state index is -10.7. The summed E-state index contributed by atoms with van der Waals surface area (Å²) in [7, 11) is -38.7. The first-order valence-corrected chi connectivity index (χ1v) is 51.0. The third-order valence-electron chi connectivity index (χ3n) is 17.3. The van der Waals surface area contributed by atoms with Gasteiger partial charge in [-0.25, -0.2) is 19.9 Å². The zero-order chi connectivity index (χ0) is 95.4. The molecule has 3 aliphatic rings. The fourth-order valence-corrected chi connectivity index (χ4v) is 16.0. The Morgan fingerprint density at radius 1 is 0.444 bits per heavy atom. The number of anilines is 4. The Kier molecular flexibility index (Phi) is 37.8. The summed E-state index contributed by atoms with van der Waals surface area (Å²) in [6.07, 6.45) is 22.5. The predicted molar refractivity (Wildman–Crippen MR) is 457 cm³/mol. The molecule has 3 fully saturated rings. The SMILES string of the molecule is CC(CCOc1cc2nc(N3CCCCC3)sc2cc1N=[NH2+])CC(C)(C)C.CCCC(=O)N1CCN(c2nc3ccc(N=[NH2+])cc3s2)CC1.CCCCCCCCOc1cc2nc(N(C)C)sc2cc1N=[NH2+].CCCCCCCCOc1cc2nc(N3CCOCC3)sc2cc1N=[NH2+].F[P-](F)(F)(F)(F)F.F[P-](F)(F)(F)(F)F.F[P-](F)(F)(F)(F)F.F[P-](F)(F)(F)(F)F. The number of nitrogens with two attached hydrogens (primary N) is 4. The number of fused-ring (bicyclic) bond motifs is 4. The molecule has 54 heteroatoms. The van der Waals surface area contributed by atoms with Gasteiger partial charge in [0.1, 0.15) is 5.69 Å². The molecule has 22 nitrogen and oxygen atoms in total. The van der Waals surface area contributed by atoms with Gasteiger partial charge < -0.3 is 43.4 Å². The predicted octanol–water partition coefficient (Wildman–Crippen LogP) is 27.7. The van der Waals surface area contributed by atoms with Gasteiger partial charge >= 0.3 is 132 Å². The topological polar surface area (TPSA) is 274 Å². The van der Waals surface area contributed by atoms with E-state index in [1.807, 2.05) is 85.4 Å². The Bertz CT molecular complexity index is 4690. The summed E-state index contributed by atoms with van der Waals surface area (Å²) in [6.45, 7) is 26.4. The van der Waals surface area contributed by atoms with Crippen LogP contribution in [0.4, 0.5) is 144 Å². The van der Waals surface area contributed by atoms with Crippen molar-refractivity contribution < 1.29 is 147 Å². The van der Waals surface area contributed by atoms with Crippen LogP contribution in [-0.2, 0) is 9.53 Å². The molecule has 724 valence electrons. The monoisotopic (exact) mass is 2000 g/mol. The van der Waals surface area contributed by atoms with Gasteiger partial charge in [-0.1, -0.05) is 158 Å². The average Bonchev–Trinajstić information content (AvgIpc) is 0.933. The number of carbonyl (C=O) groups excluding carboxylic acids is 1. The van der Waals surface area contributed by atoms with Gasteiger partial charge in [-0.2, -0.15) is 22.1 Å². The molecular formula is C72H109F24N17O5P4S4. The molecule has 0 spiro atoms. The molecule has 1 atom stereocenters. The molecule has 0 radical (unpaired) electrons. The quantitative estimate of drug-likeness (QED) is 0.0136. The van der Waals surface area contributed by atoms with Crippen molar-refractivity contribution in [1.82, 2.24) is 24.8 Å². The molecule has 126 heavy (non-hydrogen) atoms. The molecule has 0 saturated carbocycles. The van der Waals surface area contributed by atoms with Crippen LogP contribution >= 0.6 is 76.6 Å². The number of piperazine rings is 1. The number of thiazole rings is 4. The molecule has 1 amide bonds. The number of amides is 1. The van der Waals surface area contributed by atoms with E-state index in [0.29, 0.717) is 54.6 Å². The first-order chi connectivity index (χ1) is 57.3. The third kappa shape index (κ3) is 53.1. The summed E-state index contributed by atoms with van der Waals surface area (Å²) in [5.74, 6) is 3.08. The van der Waals surface area contributed by atoms with Crippen LogP contribution in [-0.4, -0.2) is 130 Å². The normalized spacial score (nSPS) is 16.4. The number of morpholine rings is 1. The van der Waals surface area contributed by atoms with E-state index in [0.717, 1.165) is 176 Å². The van der Waals surface area contributed by atoms with Gasteiger partial charge in [0.2, 0.25) is 5.91 Å². The summed E-state index contributed by atoms with van der Waals surface area (Å²) in [6, 6.07) is 17.6. The van der Waals surface area contributed by atoms with Gasteiger partial charge in [0, 0.05) is 91.1 Å². The van der Waals surface area contributed by atoms with E-state index in [-0.39, 0.29) is 5.91 Å². The van der Waals surface area contributed by atoms with Gasteiger partial charge in [0.25, 0.3) is 0 Å². The maximum atomic E-state index is 11.9. The van der Waals surface area contributed by atoms with E-state index >= 15 is 0 Å². The number of unbranched alkanes of at least 4 members (excludes halogenated alkanes) is 10. The number of aromatic nitrogens is 4. The van der Waals surface area contributed by atoms with Crippen LogP contribution in [0.2, 0.25) is 0 Å². The molecule has 1 unspecified atom stereocenters. The van der Waals surface area contributed by atoms with E-state index in [1.54, 1.807) is 45.3 Å². The number of halogens is 24. The summed E-state index contributed by atoms with van der Waals surface area (Å²) < 4.78 is 264. The molecular weight excluding hydrogens is 1890 g/mol. The van der Waals surface area contributed by atoms with Gasteiger partial charge in [-0.05, 0) is 120 Å². The molecule has 8 N–H and O–H groups in total. The Hall–Kier alpha value is -7.09. The molecule has 3 saturated heterocycles. The van der Waals surface area contributed by atoms with Crippen molar-refractivity contribution in [1.29, 1.82) is 0 Å². The number of piperidine rings is 1. The van der Waals surface area contributed by atoms with E-state index in [9.17, 15) is 106 Å². The zero-order valence-corrected chi connectivity index (χ0v) is 77.4. The molecule has 11 rings (SSSR count). The van der Waals surface area contributed by atoms with Crippen molar-refractivity contribution in [2.75, 3.05) is 119 Å². The minimum absolute atomic E-state index is 0.264. The second kappa shape index (κ2) is 42.9. The van der Waals surface area contributed by atoms with E-state index in [2.05, 4.69) is 86.7 Å². The van der Waals surface area contributed by atoms with Crippen molar-refractivity contribution >= 4 is 167 Å². The van der Waals surface area contributed by atoms with Crippen molar-refractivity contribution in [2.24, 2.45) is 31.8 Å². The first-order valence-electron chi connectivity index (χ1n) is 39.6. The fraction of sp³-hybridized carbons (Fsp3) is 0.597. The maximum absolute atomic E-state index is 11.9. The van der Waals surface area contributed by atoms with Gasteiger partial charge in [-0.15, -0.1) is 0 Å². The van der Waals surface area contributed by atoms with Crippen LogP contribution in [0.3, 0.4) is 0 Å². The zero-order valence-electron chi connectivity index (χ0n) is 70.6. The molecule has 3 aliphatic heterocycles. The Morgan fingerprint density at radius 2 is 0.794 bits per heavy atom. The number of hydrogen-bond donors (Lipinski definition) is 4. The van der Waals surface area contributed by atoms with E-state index < -0.39 is 31.2 Å². The van der Waals surface area contributed by atoms with Gasteiger partial charge in [0.15, 0.2) is 54.8 Å². The van der Waals surface area contributed by atoms with Crippen molar-refractivity contribution in [3.05, 3.63) is 54.6 Å². The Balaban J connectivity index is 0.000000320. The molecule has 8 aromatic rings. The number of nitrogens with zero attached hydrogens (tertiary/aromatic N) is 13. The average molecular weight is 2000 g/mol.